The first-order valence-electron chi connectivity index (χ1n) is 3.34. The lowest BCUT2D eigenvalue weighted by molar-refractivity contribution is 0.112. The normalized spacial score (nSPS) is 9.08. The van der Waals surface area contributed by atoms with E-state index in [4.69, 9.17) is 5.26 Å². The number of aryl methyl sites for hydroxylation is 1. The number of rotatable bonds is 1. The number of carbonyl (C=O) groups excluding carboxylic acids is 1. The van der Waals surface area contributed by atoms with Crippen LogP contribution in [0.15, 0.2) is 16.6 Å². The minimum atomic E-state index is 0.512. The molecule has 0 radical (unpaired) electrons. The van der Waals surface area contributed by atoms with Crippen LogP contribution in [-0.4, -0.2) is 6.29 Å². The third-order valence-electron chi connectivity index (χ3n) is 1.54. The van der Waals surface area contributed by atoms with Crippen molar-refractivity contribution in [3.63, 3.8) is 0 Å². The molecule has 0 fully saturated rings. The van der Waals surface area contributed by atoms with Crippen molar-refractivity contribution in [1.82, 2.24) is 0 Å². The fraction of sp³-hybridized carbons (Fsp3) is 0.111. The van der Waals surface area contributed by atoms with Gasteiger partial charge in [-0.1, -0.05) is 0 Å². The van der Waals surface area contributed by atoms with Gasteiger partial charge in [-0.2, -0.15) is 5.26 Å². The molecule has 1 aromatic carbocycles. The zero-order valence-electron chi connectivity index (χ0n) is 6.47. The van der Waals surface area contributed by atoms with Gasteiger partial charge in [-0.3, -0.25) is 4.79 Å². The molecule has 0 aliphatic carbocycles. The Kier molecular flexibility index (Phi) is 2.61. The van der Waals surface area contributed by atoms with Gasteiger partial charge in [0.25, 0.3) is 0 Å². The molecule has 60 valence electrons. The van der Waals surface area contributed by atoms with Crippen LogP contribution >= 0.6 is 15.9 Å². The highest BCUT2D eigenvalue weighted by atomic mass is 79.9. The molecule has 1 rings (SSSR count). The van der Waals surface area contributed by atoms with Gasteiger partial charge < -0.3 is 0 Å². The third-order valence-corrected chi connectivity index (χ3v) is 2.62. The number of hydrogen-bond donors (Lipinski definition) is 0. The van der Waals surface area contributed by atoms with Crippen LogP contribution in [0.1, 0.15) is 21.5 Å². The van der Waals surface area contributed by atoms with E-state index in [1.807, 2.05) is 13.0 Å². The van der Waals surface area contributed by atoms with Crippen molar-refractivity contribution >= 4 is 22.2 Å². The lowest BCUT2D eigenvalue weighted by Gasteiger charge is -2.00. The Hall–Kier alpha value is -1.14. The topological polar surface area (TPSA) is 40.9 Å². The molecule has 0 saturated heterocycles. The van der Waals surface area contributed by atoms with Crippen LogP contribution in [0.4, 0.5) is 0 Å². The zero-order valence-corrected chi connectivity index (χ0v) is 8.05. The number of carbonyl (C=O) groups is 1. The molecule has 0 spiro atoms. The van der Waals surface area contributed by atoms with Crippen molar-refractivity contribution in [2.45, 2.75) is 6.92 Å². The lowest BCUT2D eigenvalue weighted by Crippen LogP contribution is -1.88. The van der Waals surface area contributed by atoms with Crippen LogP contribution in [0.5, 0.6) is 0 Å². The number of nitriles is 1. The van der Waals surface area contributed by atoms with E-state index in [1.54, 1.807) is 12.1 Å². The second-order valence-electron chi connectivity index (χ2n) is 2.43. The van der Waals surface area contributed by atoms with E-state index in [0.29, 0.717) is 11.1 Å². The smallest absolute Gasteiger partial charge is 0.151 e. The zero-order chi connectivity index (χ0) is 9.14. The van der Waals surface area contributed by atoms with Gasteiger partial charge in [0.05, 0.1) is 11.6 Å². The van der Waals surface area contributed by atoms with Gasteiger partial charge in [-0.05, 0) is 40.5 Å². The van der Waals surface area contributed by atoms with Crippen LogP contribution in [0.25, 0.3) is 0 Å². The predicted molar refractivity (Wildman–Crippen MR) is 49.0 cm³/mol. The van der Waals surface area contributed by atoms with Crippen LogP contribution < -0.4 is 0 Å². The molecule has 0 aromatic heterocycles. The maximum atomic E-state index is 10.5. The van der Waals surface area contributed by atoms with Gasteiger partial charge in [-0.15, -0.1) is 0 Å². The van der Waals surface area contributed by atoms with Gasteiger partial charge in [0.15, 0.2) is 6.29 Å². The number of aldehydes is 1. The Morgan fingerprint density at radius 1 is 1.58 bits per heavy atom. The van der Waals surface area contributed by atoms with Crippen molar-refractivity contribution in [3.05, 3.63) is 33.3 Å². The lowest BCUT2D eigenvalue weighted by atomic mass is 10.1. The van der Waals surface area contributed by atoms with E-state index in [1.165, 1.54) is 0 Å². The summed E-state index contributed by atoms with van der Waals surface area (Å²) >= 11 is 3.26. The third kappa shape index (κ3) is 1.54. The highest BCUT2D eigenvalue weighted by Crippen LogP contribution is 2.21. The fourth-order valence-corrected chi connectivity index (χ4v) is 1.27. The molecule has 0 amide bonds. The van der Waals surface area contributed by atoms with Crippen molar-refractivity contribution in [3.8, 4) is 6.07 Å². The van der Waals surface area contributed by atoms with Crippen molar-refractivity contribution in [2.24, 2.45) is 0 Å². The Labute approximate surface area is 78.9 Å². The maximum Gasteiger partial charge on any atom is 0.151 e. The summed E-state index contributed by atoms with van der Waals surface area (Å²) in [5.74, 6) is 0. The quantitative estimate of drug-likeness (QED) is 0.687. The molecule has 0 heterocycles. The Morgan fingerprint density at radius 2 is 2.25 bits per heavy atom. The molecule has 0 aliphatic heterocycles. The molecule has 12 heavy (non-hydrogen) atoms. The molecule has 0 atom stereocenters. The van der Waals surface area contributed by atoms with E-state index >= 15 is 0 Å². The highest BCUT2D eigenvalue weighted by Gasteiger charge is 2.03. The summed E-state index contributed by atoms with van der Waals surface area (Å²) in [5.41, 5.74) is 1.93. The molecule has 1 aromatic rings. The summed E-state index contributed by atoms with van der Waals surface area (Å²) in [6.07, 6.45) is 0.734. The largest absolute Gasteiger partial charge is 0.298 e. The Morgan fingerprint density at radius 3 is 2.75 bits per heavy atom. The average molecular weight is 224 g/mol. The second kappa shape index (κ2) is 3.51. The van der Waals surface area contributed by atoms with Crippen LogP contribution in [0.3, 0.4) is 0 Å². The summed E-state index contributed by atoms with van der Waals surface area (Å²) in [5, 5.41) is 8.59. The number of nitrogens with zero attached hydrogens (tertiary/aromatic N) is 1. The van der Waals surface area contributed by atoms with E-state index in [2.05, 4.69) is 15.9 Å². The van der Waals surface area contributed by atoms with E-state index in [9.17, 15) is 4.79 Å². The number of halogens is 1. The molecule has 0 unspecified atom stereocenters. The Bertz CT molecular complexity index is 366. The molecular formula is C9H6BrNO. The first-order valence-corrected chi connectivity index (χ1v) is 4.13. The van der Waals surface area contributed by atoms with Crippen LogP contribution in [-0.2, 0) is 0 Å². The monoisotopic (exact) mass is 223 g/mol. The maximum absolute atomic E-state index is 10.5. The number of benzene rings is 1. The van der Waals surface area contributed by atoms with Crippen LogP contribution in [0.2, 0.25) is 0 Å². The molecule has 2 nitrogen and oxygen atoms in total. The van der Waals surface area contributed by atoms with Gasteiger partial charge in [0.1, 0.15) is 0 Å². The molecule has 0 saturated carbocycles. The minimum absolute atomic E-state index is 0.512. The van der Waals surface area contributed by atoms with Gasteiger partial charge in [0, 0.05) is 10.0 Å². The van der Waals surface area contributed by atoms with Crippen molar-refractivity contribution in [1.29, 1.82) is 5.26 Å². The first-order chi connectivity index (χ1) is 5.69. The van der Waals surface area contributed by atoms with E-state index < -0.39 is 0 Å². The molecule has 3 heteroatoms. The predicted octanol–water partition coefficient (Wildman–Crippen LogP) is 2.44. The summed E-state index contributed by atoms with van der Waals surface area (Å²) in [6, 6.07) is 5.28. The summed E-state index contributed by atoms with van der Waals surface area (Å²) < 4.78 is 0.761. The Balaban J connectivity index is 3.41. The highest BCUT2D eigenvalue weighted by molar-refractivity contribution is 9.10. The van der Waals surface area contributed by atoms with E-state index in [0.717, 1.165) is 16.3 Å². The average Bonchev–Trinajstić information content (AvgIpc) is 2.09. The summed E-state index contributed by atoms with van der Waals surface area (Å²) in [7, 11) is 0. The van der Waals surface area contributed by atoms with E-state index in [-0.39, 0.29) is 0 Å². The molecule has 0 N–H and O–H groups in total. The summed E-state index contributed by atoms with van der Waals surface area (Å²) in [4.78, 5) is 10.5. The van der Waals surface area contributed by atoms with Crippen molar-refractivity contribution in [2.75, 3.05) is 0 Å². The molecule has 0 bridgehead atoms. The second-order valence-corrected chi connectivity index (χ2v) is 3.22. The standard InChI is InChI=1S/C9H6BrNO/c1-6-2-7(4-11)3-8(5-12)9(6)10/h2-3,5H,1H3. The molecule has 0 aliphatic rings. The van der Waals surface area contributed by atoms with Gasteiger partial charge in [0.2, 0.25) is 0 Å². The summed E-state index contributed by atoms with van der Waals surface area (Å²) in [6.45, 7) is 1.85. The van der Waals surface area contributed by atoms with Crippen molar-refractivity contribution < 1.29 is 4.79 Å². The van der Waals surface area contributed by atoms with Crippen LogP contribution in [0, 0.1) is 18.3 Å². The van der Waals surface area contributed by atoms with Gasteiger partial charge >= 0.3 is 0 Å². The molecular weight excluding hydrogens is 218 g/mol. The number of hydrogen-bond acceptors (Lipinski definition) is 2. The minimum Gasteiger partial charge on any atom is -0.298 e. The first kappa shape index (κ1) is 8.95. The SMILES string of the molecule is Cc1cc(C#N)cc(C=O)c1Br. The fourth-order valence-electron chi connectivity index (χ4n) is 0.947. The van der Waals surface area contributed by atoms with Gasteiger partial charge in [-0.25, -0.2) is 0 Å².